The van der Waals surface area contributed by atoms with Gasteiger partial charge in [0.15, 0.2) is 9.84 Å². The van der Waals surface area contributed by atoms with Gasteiger partial charge in [0.1, 0.15) is 11.3 Å². The van der Waals surface area contributed by atoms with E-state index in [9.17, 15) is 23.1 Å². The van der Waals surface area contributed by atoms with Crippen molar-refractivity contribution in [1.29, 1.82) is 0 Å². The number of esters is 1. The van der Waals surface area contributed by atoms with Gasteiger partial charge in [-0.1, -0.05) is 0 Å². The largest absolute Gasteiger partial charge is 0.465 e. The maximum absolute atomic E-state index is 11.8. The van der Waals surface area contributed by atoms with Crippen molar-refractivity contribution in [1.82, 2.24) is 14.8 Å². The van der Waals surface area contributed by atoms with Gasteiger partial charge in [-0.25, -0.2) is 18.3 Å². The maximum atomic E-state index is 11.8. The van der Waals surface area contributed by atoms with Crippen LogP contribution in [0.5, 0.6) is 0 Å². The number of hydrogen-bond donors (Lipinski definition) is 2. The summed E-state index contributed by atoms with van der Waals surface area (Å²) in [6.07, 6.45) is 1.60. The molecule has 0 radical (unpaired) electrons. The van der Waals surface area contributed by atoms with Crippen LogP contribution in [0.3, 0.4) is 0 Å². The van der Waals surface area contributed by atoms with E-state index >= 15 is 0 Å². The summed E-state index contributed by atoms with van der Waals surface area (Å²) in [7, 11) is -2.18. The van der Waals surface area contributed by atoms with E-state index in [2.05, 4.69) is 14.9 Å². The maximum Gasteiger partial charge on any atom is 0.341 e. The second-order valence-electron chi connectivity index (χ2n) is 5.14. The number of ether oxygens (including phenoxy) is 1. The second kappa shape index (κ2) is 4.92. The fourth-order valence-corrected chi connectivity index (χ4v) is 4.40. The summed E-state index contributed by atoms with van der Waals surface area (Å²) in [5, 5.41) is 15.9. The molecule has 0 unspecified atom stereocenters. The number of aromatic amines is 1. The average Bonchev–Trinajstić information content (AvgIpc) is 2.97. The second-order valence-corrected chi connectivity index (χ2v) is 7.29. The fourth-order valence-electron chi connectivity index (χ4n) is 2.60. The van der Waals surface area contributed by atoms with Gasteiger partial charge in [-0.15, -0.1) is 0 Å². The first-order valence-corrected chi connectivity index (χ1v) is 8.21. The highest BCUT2D eigenvalue weighted by atomic mass is 32.2. The molecule has 3 heterocycles. The zero-order valence-electron chi connectivity index (χ0n) is 11.5. The van der Waals surface area contributed by atoms with Crippen LogP contribution in [0.15, 0.2) is 17.2 Å². The molecular weight excluding hydrogens is 314 g/mol. The van der Waals surface area contributed by atoms with Gasteiger partial charge in [0.25, 0.3) is 5.56 Å². The molecule has 10 heteroatoms. The van der Waals surface area contributed by atoms with Gasteiger partial charge in [-0.3, -0.25) is 4.79 Å². The Hall–Kier alpha value is -2.20. The third-order valence-corrected chi connectivity index (χ3v) is 5.36. The number of aromatic nitrogens is 3. The predicted octanol–water partition coefficient (Wildman–Crippen LogP) is -1.21. The lowest BCUT2D eigenvalue weighted by Gasteiger charge is -2.19. The highest BCUT2D eigenvalue weighted by Gasteiger charge is 2.38. The molecule has 0 bridgehead atoms. The van der Waals surface area contributed by atoms with Crippen molar-refractivity contribution < 1.29 is 23.1 Å². The monoisotopic (exact) mass is 327 g/mol. The summed E-state index contributed by atoms with van der Waals surface area (Å²) in [5.41, 5.74) is -0.220. The SMILES string of the molecule is COC(=O)c1cn([C@H]2CS(=O)(=O)C[C@@H]2O)cc2c(=O)[nH]nc1-2. The standard InChI is InChI=1S/C12H13N3O6S/c1-21-12(18)7-3-15(2-6-10(7)13-14-11(6)17)8-4-22(19,20)5-9(8)16/h2-3,8-9,16H,4-5H2,1H3,(H,14,17)/t8-,9-/m0/s1. The number of carbonyl (C=O) groups excluding carboxylic acids is 1. The van der Waals surface area contributed by atoms with Crippen molar-refractivity contribution in [3.63, 3.8) is 0 Å². The molecule has 22 heavy (non-hydrogen) atoms. The molecule has 1 saturated heterocycles. The van der Waals surface area contributed by atoms with Crippen LogP contribution in [0.1, 0.15) is 16.4 Å². The van der Waals surface area contributed by atoms with E-state index in [0.29, 0.717) is 0 Å². The number of aliphatic hydroxyl groups is 1. The van der Waals surface area contributed by atoms with E-state index in [0.717, 1.165) is 0 Å². The lowest BCUT2D eigenvalue weighted by molar-refractivity contribution is 0.0599. The zero-order chi connectivity index (χ0) is 16.1. The molecule has 3 rings (SSSR count). The number of nitrogens with one attached hydrogen (secondary N) is 1. The van der Waals surface area contributed by atoms with Crippen LogP contribution in [0.4, 0.5) is 0 Å². The van der Waals surface area contributed by atoms with Gasteiger partial charge < -0.3 is 14.4 Å². The zero-order valence-corrected chi connectivity index (χ0v) is 12.3. The minimum atomic E-state index is -3.37. The summed E-state index contributed by atoms with van der Waals surface area (Å²) >= 11 is 0. The highest BCUT2D eigenvalue weighted by Crippen LogP contribution is 2.28. The number of hydrogen-bond acceptors (Lipinski definition) is 7. The lowest BCUT2D eigenvalue weighted by Crippen LogP contribution is -2.24. The average molecular weight is 327 g/mol. The topological polar surface area (TPSA) is 131 Å². The van der Waals surface area contributed by atoms with Crippen molar-refractivity contribution >= 4 is 15.8 Å². The molecule has 0 aromatic carbocycles. The van der Waals surface area contributed by atoms with Gasteiger partial charge in [0.2, 0.25) is 0 Å². The Morgan fingerprint density at radius 2 is 2.18 bits per heavy atom. The molecule has 0 amide bonds. The van der Waals surface area contributed by atoms with Crippen LogP contribution in [-0.2, 0) is 14.6 Å². The first-order chi connectivity index (χ1) is 10.3. The molecule has 2 atom stereocenters. The molecule has 0 aromatic rings. The molecule has 118 valence electrons. The van der Waals surface area contributed by atoms with Gasteiger partial charge >= 0.3 is 5.97 Å². The Morgan fingerprint density at radius 3 is 2.77 bits per heavy atom. The molecule has 1 fully saturated rings. The normalized spacial score (nSPS) is 23.7. The minimum Gasteiger partial charge on any atom is -0.465 e. The number of rotatable bonds is 2. The molecule has 0 spiro atoms. The van der Waals surface area contributed by atoms with Crippen LogP contribution in [0, 0.1) is 0 Å². The van der Waals surface area contributed by atoms with Crippen LogP contribution in [-0.4, -0.2) is 59.0 Å². The molecule has 0 saturated carbocycles. The Labute approximate surface area is 124 Å². The van der Waals surface area contributed by atoms with Gasteiger partial charge in [-0.2, -0.15) is 5.10 Å². The van der Waals surface area contributed by atoms with Gasteiger partial charge in [-0.05, 0) is 0 Å². The van der Waals surface area contributed by atoms with E-state index in [1.54, 1.807) is 0 Å². The van der Waals surface area contributed by atoms with Crippen molar-refractivity contribution in [2.24, 2.45) is 0 Å². The summed E-state index contributed by atoms with van der Waals surface area (Å²) < 4.78 is 29.3. The Morgan fingerprint density at radius 1 is 1.45 bits per heavy atom. The molecule has 0 aliphatic carbocycles. The number of H-pyrrole nitrogens is 1. The third-order valence-electron chi connectivity index (χ3n) is 3.66. The molecule has 2 N–H and O–H groups in total. The van der Waals surface area contributed by atoms with E-state index < -0.39 is 33.5 Å². The third kappa shape index (κ3) is 2.29. The molecule has 0 aromatic heterocycles. The van der Waals surface area contributed by atoms with E-state index in [4.69, 9.17) is 0 Å². The number of nitrogens with zero attached hydrogens (tertiary/aromatic N) is 2. The predicted molar refractivity (Wildman–Crippen MR) is 74.5 cm³/mol. The molecule has 3 aliphatic heterocycles. The van der Waals surface area contributed by atoms with Crippen LogP contribution in [0.2, 0.25) is 0 Å². The molecule has 9 nitrogen and oxygen atoms in total. The fraction of sp³-hybridized carbons (Fsp3) is 0.417. The van der Waals surface area contributed by atoms with E-state index in [1.165, 1.54) is 24.1 Å². The van der Waals surface area contributed by atoms with Crippen molar-refractivity contribution in [3.8, 4) is 11.3 Å². The van der Waals surface area contributed by atoms with Crippen molar-refractivity contribution in [2.45, 2.75) is 12.1 Å². The first-order valence-electron chi connectivity index (χ1n) is 6.39. The van der Waals surface area contributed by atoms with Crippen molar-refractivity contribution in [3.05, 3.63) is 28.3 Å². The lowest BCUT2D eigenvalue weighted by atomic mass is 10.1. The number of aliphatic hydroxyl groups excluding tert-OH is 1. The van der Waals surface area contributed by atoms with E-state index in [1.807, 2.05) is 0 Å². The Bertz CT molecular complexity index is 867. The van der Waals surface area contributed by atoms with E-state index in [-0.39, 0.29) is 28.3 Å². The number of sulfone groups is 1. The number of fused-ring (bicyclic) bond motifs is 1. The van der Waals surface area contributed by atoms with Crippen LogP contribution in [0.25, 0.3) is 11.3 Å². The molecule has 3 aliphatic rings. The number of carbonyl (C=O) groups is 1. The number of pyridine rings is 1. The van der Waals surface area contributed by atoms with Crippen LogP contribution < -0.4 is 5.56 Å². The quantitative estimate of drug-likeness (QED) is 0.662. The molecular formula is C12H13N3O6S. The smallest absolute Gasteiger partial charge is 0.341 e. The van der Waals surface area contributed by atoms with Gasteiger partial charge in [0.05, 0.1) is 36.3 Å². The Balaban J connectivity index is 2.18. The highest BCUT2D eigenvalue weighted by molar-refractivity contribution is 7.91. The summed E-state index contributed by atoms with van der Waals surface area (Å²) in [6.45, 7) is 0. The summed E-state index contributed by atoms with van der Waals surface area (Å²) in [6, 6.07) is -0.771. The van der Waals surface area contributed by atoms with Crippen molar-refractivity contribution in [2.75, 3.05) is 18.6 Å². The van der Waals surface area contributed by atoms with Gasteiger partial charge in [0, 0.05) is 12.4 Å². The first kappa shape index (κ1) is 14.7. The summed E-state index contributed by atoms with van der Waals surface area (Å²) in [5.74, 6) is -1.33. The Kier molecular flexibility index (Phi) is 3.29. The minimum absolute atomic E-state index is 0.0230. The summed E-state index contributed by atoms with van der Waals surface area (Å²) in [4.78, 5) is 23.6. The van der Waals surface area contributed by atoms with Crippen LogP contribution >= 0.6 is 0 Å². The number of methoxy groups -OCH3 is 1.